The number of hydrogen-bond donors (Lipinski definition) is 2. The van der Waals surface area contributed by atoms with Crippen LogP contribution in [0.15, 0.2) is 32.7 Å². The van der Waals surface area contributed by atoms with Crippen LogP contribution in [0.5, 0.6) is 0 Å². The summed E-state index contributed by atoms with van der Waals surface area (Å²) >= 11 is 12.7. The number of aliphatic hydroxyl groups is 1. The molecule has 12 heteroatoms. The number of rotatable bonds is 7. The summed E-state index contributed by atoms with van der Waals surface area (Å²) in [7, 11) is 2.06. The van der Waals surface area contributed by atoms with E-state index in [1.807, 2.05) is 12.1 Å². The monoisotopic (exact) mass is 527 g/mol. The van der Waals surface area contributed by atoms with Crippen molar-refractivity contribution < 1.29 is 9.90 Å². The van der Waals surface area contributed by atoms with Crippen LogP contribution in [0.3, 0.4) is 0 Å². The minimum atomic E-state index is -1.17. The van der Waals surface area contributed by atoms with Gasteiger partial charge in [-0.05, 0) is 68.9 Å². The van der Waals surface area contributed by atoms with E-state index >= 15 is 0 Å². The second-order valence-electron chi connectivity index (χ2n) is 9.60. The van der Waals surface area contributed by atoms with Crippen LogP contribution in [-0.2, 0) is 11.3 Å². The molecule has 184 valence electrons. The van der Waals surface area contributed by atoms with Gasteiger partial charge in [0.25, 0.3) is 11.5 Å². The maximum Gasteiger partial charge on any atom is 0.331 e. The lowest BCUT2D eigenvalue weighted by Gasteiger charge is -2.40. The molecule has 34 heavy (non-hydrogen) atoms. The van der Waals surface area contributed by atoms with Crippen LogP contribution in [0.1, 0.15) is 25.3 Å². The predicted molar refractivity (Wildman–Crippen MR) is 132 cm³/mol. The fourth-order valence-corrected chi connectivity index (χ4v) is 5.78. The van der Waals surface area contributed by atoms with Crippen molar-refractivity contribution in [1.82, 2.24) is 23.7 Å². The Bertz CT molecular complexity index is 1240. The Balaban J connectivity index is 1.52. The fourth-order valence-electron chi connectivity index (χ4n) is 4.68. The van der Waals surface area contributed by atoms with Crippen LogP contribution in [0.2, 0.25) is 0 Å². The molecule has 2 saturated heterocycles. The topological polar surface area (TPSA) is 99.8 Å². The number of amides is 1. The Kier molecular flexibility index (Phi) is 6.50. The molecular formula is C22H27Cl2N5O4S. The molecule has 3 fully saturated rings. The van der Waals surface area contributed by atoms with Crippen molar-refractivity contribution in [2.75, 3.05) is 33.2 Å². The Morgan fingerprint density at radius 2 is 2.00 bits per heavy atom. The summed E-state index contributed by atoms with van der Waals surface area (Å²) < 4.78 is 6.01. The molecule has 1 aromatic carbocycles. The predicted octanol–water partition coefficient (Wildman–Crippen LogP) is 1.38. The number of nitrogens with zero attached hydrogens (tertiary/aromatic N) is 4. The first-order valence-corrected chi connectivity index (χ1v) is 13.0. The van der Waals surface area contributed by atoms with Crippen molar-refractivity contribution in [3.05, 3.63) is 39.0 Å². The lowest BCUT2D eigenvalue weighted by Crippen LogP contribution is -2.58. The highest BCUT2D eigenvalue weighted by atomic mass is 35.5. The van der Waals surface area contributed by atoms with Crippen molar-refractivity contribution in [2.45, 2.75) is 47.3 Å². The van der Waals surface area contributed by atoms with E-state index in [0.29, 0.717) is 36.2 Å². The van der Waals surface area contributed by atoms with Crippen LogP contribution in [0.25, 0.3) is 10.9 Å². The second kappa shape index (κ2) is 9.15. The van der Waals surface area contributed by atoms with Gasteiger partial charge in [-0.25, -0.2) is 9.52 Å². The summed E-state index contributed by atoms with van der Waals surface area (Å²) in [6.45, 7) is 2.81. The Labute approximate surface area is 210 Å². The number of alkyl halides is 2. The third-order valence-electron chi connectivity index (χ3n) is 6.88. The minimum Gasteiger partial charge on any atom is -0.375 e. The van der Waals surface area contributed by atoms with Gasteiger partial charge in [0.1, 0.15) is 5.72 Å². The summed E-state index contributed by atoms with van der Waals surface area (Å²) in [5.74, 6) is -0.116. The minimum absolute atomic E-state index is 0.213. The molecule has 2 aliphatic heterocycles. The summed E-state index contributed by atoms with van der Waals surface area (Å²) in [6, 6.07) is 5.00. The smallest absolute Gasteiger partial charge is 0.331 e. The van der Waals surface area contributed by atoms with Crippen LogP contribution >= 0.6 is 35.1 Å². The number of halogens is 2. The van der Waals surface area contributed by atoms with Gasteiger partial charge in [0.2, 0.25) is 0 Å². The van der Waals surface area contributed by atoms with E-state index in [-0.39, 0.29) is 24.3 Å². The van der Waals surface area contributed by atoms with Crippen LogP contribution < -0.4 is 16.0 Å². The van der Waals surface area contributed by atoms with Crippen molar-refractivity contribution in [1.29, 1.82) is 0 Å². The van der Waals surface area contributed by atoms with Gasteiger partial charge in [-0.2, -0.15) is 0 Å². The summed E-state index contributed by atoms with van der Waals surface area (Å²) in [5.41, 5.74) is -0.984. The van der Waals surface area contributed by atoms with Crippen molar-refractivity contribution in [3.63, 3.8) is 0 Å². The second-order valence-corrected chi connectivity index (χ2v) is 11.6. The highest BCUT2D eigenvalue weighted by Gasteiger charge is 2.40. The standard InChI is InChI=1S/C22H27Cl2N5O4S/c1-26-7-4-13(9-26)10-28-17-3-2-15(34-25-22(33)5-6-22)8-16(17)19(30)29(21(28)32)14-11-27(12-14)20(31)18(23)24/h2-3,8,13-14,18,25,33H,4-7,9-12H2,1H3. The Hall–Kier alpha value is -1.56. The van der Waals surface area contributed by atoms with Crippen LogP contribution in [-0.4, -0.2) is 73.7 Å². The van der Waals surface area contributed by atoms with Gasteiger partial charge in [-0.15, -0.1) is 0 Å². The van der Waals surface area contributed by atoms with Crippen molar-refractivity contribution >= 4 is 52.0 Å². The average Bonchev–Trinajstić information content (AvgIpc) is 3.37. The molecule has 2 aromatic rings. The number of carbonyl (C=O) groups excluding carboxylic acids is 1. The summed E-state index contributed by atoms with van der Waals surface area (Å²) in [6.07, 6.45) is 2.37. The number of likely N-dealkylation sites (tertiary alicyclic amines) is 2. The highest BCUT2D eigenvalue weighted by Crippen LogP contribution is 2.35. The van der Waals surface area contributed by atoms with E-state index in [9.17, 15) is 19.5 Å². The molecule has 5 rings (SSSR count). The molecule has 1 unspecified atom stereocenters. The van der Waals surface area contributed by atoms with Gasteiger partial charge in [-0.1, -0.05) is 23.2 Å². The third kappa shape index (κ3) is 4.64. The number of hydrogen-bond acceptors (Lipinski definition) is 7. The molecule has 1 aliphatic carbocycles. The number of benzene rings is 1. The van der Waals surface area contributed by atoms with E-state index in [1.165, 1.54) is 21.4 Å². The zero-order valence-corrected chi connectivity index (χ0v) is 21.1. The van der Waals surface area contributed by atoms with E-state index < -0.39 is 22.5 Å². The lowest BCUT2D eigenvalue weighted by molar-refractivity contribution is -0.135. The molecule has 0 radical (unpaired) electrons. The van der Waals surface area contributed by atoms with Gasteiger partial charge in [-0.3, -0.25) is 18.7 Å². The van der Waals surface area contributed by atoms with Crippen LogP contribution in [0.4, 0.5) is 0 Å². The molecule has 9 nitrogen and oxygen atoms in total. The van der Waals surface area contributed by atoms with Gasteiger partial charge in [0.05, 0.1) is 16.9 Å². The third-order valence-corrected chi connectivity index (χ3v) is 8.23. The molecule has 0 spiro atoms. The Morgan fingerprint density at radius 3 is 2.62 bits per heavy atom. The highest BCUT2D eigenvalue weighted by molar-refractivity contribution is 7.97. The van der Waals surface area contributed by atoms with Gasteiger partial charge in [0.15, 0.2) is 4.84 Å². The largest absolute Gasteiger partial charge is 0.375 e. The fraction of sp³-hybridized carbons (Fsp3) is 0.591. The number of fused-ring (bicyclic) bond motifs is 1. The van der Waals surface area contributed by atoms with E-state index in [0.717, 1.165) is 24.4 Å². The first-order valence-electron chi connectivity index (χ1n) is 11.4. The van der Waals surface area contributed by atoms with E-state index in [1.54, 1.807) is 10.6 Å². The molecule has 1 atom stereocenters. The summed E-state index contributed by atoms with van der Waals surface area (Å²) in [4.78, 5) is 42.5. The number of carbonyl (C=O) groups is 1. The maximum atomic E-state index is 13.6. The number of nitrogens with one attached hydrogen (secondary N) is 1. The number of aromatic nitrogens is 2. The molecule has 3 aliphatic rings. The van der Waals surface area contributed by atoms with E-state index in [4.69, 9.17) is 23.2 Å². The normalized spacial score (nSPS) is 22.5. The molecule has 1 aromatic heterocycles. The van der Waals surface area contributed by atoms with Crippen molar-refractivity contribution in [3.8, 4) is 0 Å². The summed E-state index contributed by atoms with van der Waals surface area (Å²) in [5, 5.41) is 10.5. The van der Waals surface area contributed by atoms with Crippen LogP contribution in [0, 0.1) is 5.92 Å². The van der Waals surface area contributed by atoms with Gasteiger partial charge in [0, 0.05) is 31.1 Å². The van der Waals surface area contributed by atoms with Crippen molar-refractivity contribution in [2.24, 2.45) is 5.92 Å². The van der Waals surface area contributed by atoms with E-state index in [2.05, 4.69) is 16.7 Å². The van der Waals surface area contributed by atoms with Gasteiger partial charge < -0.3 is 14.9 Å². The molecule has 1 saturated carbocycles. The SMILES string of the molecule is CN1CCC(Cn2c(=O)n(C3CN(C(=O)C(Cl)Cl)C3)c(=O)c3cc(SNC4(O)CC4)ccc32)C1. The maximum absolute atomic E-state index is 13.6. The molecule has 3 heterocycles. The van der Waals surface area contributed by atoms with Gasteiger partial charge >= 0.3 is 5.69 Å². The molecule has 0 bridgehead atoms. The first-order chi connectivity index (χ1) is 16.1. The zero-order chi connectivity index (χ0) is 24.2. The lowest BCUT2D eigenvalue weighted by atomic mass is 10.1. The average molecular weight is 528 g/mol. The molecular weight excluding hydrogens is 501 g/mol. The molecule has 2 N–H and O–H groups in total. The molecule has 1 amide bonds. The first kappa shape index (κ1) is 24.1. The zero-order valence-electron chi connectivity index (χ0n) is 18.7. The quantitative estimate of drug-likeness (QED) is 0.318. The Morgan fingerprint density at radius 1 is 1.26 bits per heavy atom.